The second kappa shape index (κ2) is 8.26. The summed E-state index contributed by atoms with van der Waals surface area (Å²) >= 11 is 0. The van der Waals surface area contributed by atoms with E-state index in [9.17, 15) is 4.79 Å². The smallest absolute Gasteiger partial charge is 0.271 e. The number of amides is 1. The standard InChI is InChI=1S/C24H26N2O2/c1-5-28-22-15-12-17-8-6-7-9-20(17)21(22)16-25-26-23(27)18-10-13-19(14-11-18)24(2,3)4/h6-16H,5H2,1-4H3,(H,26,27)/b25-16-. The molecule has 0 aliphatic heterocycles. The van der Waals surface area contributed by atoms with E-state index in [4.69, 9.17) is 4.74 Å². The number of nitrogens with zero attached hydrogens (tertiary/aromatic N) is 1. The summed E-state index contributed by atoms with van der Waals surface area (Å²) in [6, 6.07) is 19.6. The molecule has 1 amide bonds. The van der Waals surface area contributed by atoms with Gasteiger partial charge in [-0.2, -0.15) is 5.10 Å². The van der Waals surface area contributed by atoms with Crippen LogP contribution >= 0.6 is 0 Å². The molecular formula is C24H26N2O2. The topological polar surface area (TPSA) is 50.7 Å². The number of hydrazone groups is 1. The molecule has 3 aromatic carbocycles. The highest BCUT2D eigenvalue weighted by molar-refractivity contribution is 6.03. The lowest BCUT2D eigenvalue weighted by molar-refractivity contribution is 0.0955. The van der Waals surface area contributed by atoms with E-state index in [1.807, 2.05) is 67.6 Å². The number of ether oxygens (including phenoxy) is 1. The van der Waals surface area contributed by atoms with Crippen LogP contribution in [0.4, 0.5) is 0 Å². The van der Waals surface area contributed by atoms with E-state index in [0.29, 0.717) is 12.2 Å². The Morgan fingerprint density at radius 2 is 1.75 bits per heavy atom. The van der Waals surface area contributed by atoms with Crippen LogP contribution in [0.3, 0.4) is 0 Å². The zero-order chi connectivity index (χ0) is 20.1. The summed E-state index contributed by atoms with van der Waals surface area (Å²) in [5.74, 6) is 0.503. The van der Waals surface area contributed by atoms with Crippen molar-refractivity contribution in [1.29, 1.82) is 0 Å². The number of fused-ring (bicyclic) bond motifs is 1. The number of carbonyl (C=O) groups is 1. The monoisotopic (exact) mass is 374 g/mol. The molecule has 0 saturated carbocycles. The molecule has 4 heteroatoms. The van der Waals surface area contributed by atoms with Gasteiger partial charge in [0.15, 0.2) is 0 Å². The van der Waals surface area contributed by atoms with E-state index in [2.05, 4.69) is 31.3 Å². The van der Waals surface area contributed by atoms with Gasteiger partial charge in [-0.05, 0) is 46.9 Å². The number of carbonyl (C=O) groups excluding carboxylic acids is 1. The predicted octanol–water partition coefficient (Wildman–Crippen LogP) is 5.30. The largest absolute Gasteiger partial charge is 0.493 e. The van der Waals surface area contributed by atoms with Crippen molar-refractivity contribution in [3.8, 4) is 5.75 Å². The van der Waals surface area contributed by atoms with Gasteiger partial charge in [0.25, 0.3) is 5.91 Å². The van der Waals surface area contributed by atoms with Crippen LogP contribution in [0.2, 0.25) is 0 Å². The maximum absolute atomic E-state index is 12.4. The molecule has 0 unspecified atom stereocenters. The SMILES string of the molecule is CCOc1ccc2ccccc2c1/C=N\NC(=O)c1ccc(C(C)(C)C)cc1. The Morgan fingerprint density at radius 1 is 1.04 bits per heavy atom. The first-order valence-electron chi connectivity index (χ1n) is 9.48. The molecule has 1 N–H and O–H groups in total. The Bertz CT molecular complexity index is 999. The molecule has 0 aliphatic carbocycles. The first kappa shape index (κ1) is 19.6. The van der Waals surface area contributed by atoms with Crippen LogP contribution in [-0.4, -0.2) is 18.7 Å². The molecule has 0 aliphatic rings. The molecule has 0 heterocycles. The summed E-state index contributed by atoms with van der Waals surface area (Å²) in [6.45, 7) is 8.94. The number of benzene rings is 3. The van der Waals surface area contributed by atoms with Crippen LogP contribution in [0.15, 0.2) is 65.8 Å². The van der Waals surface area contributed by atoms with Crippen molar-refractivity contribution in [2.45, 2.75) is 33.1 Å². The summed E-state index contributed by atoms with van der Waals surface area (Å²) in [4.78, 5) is 12.4. The fourth-order valence-corrected chi connectivity index (χ4v) is 3.03. The van der Waals surface area contributed by atoms with E-state index in [1.54, 1.807) is 6.21 Å². The van der Waals surface area contributed by atoms with Crippen molar-refractivity contribution < 1.29 is 9.53 Å². The normalized spacial score (nSPS) is 11.7. The Labute approximate surface area is 166 Å². The highest BCUT2D eigenvalue weighted by Gasteiger charge is 2.14. The van der Waals surface area contributed by atoms with E-state index in [-0.39, 0.29) is 11.3 Å². The third kappa shape index (κ3) is 4.39. The molecule has 4 nitrogen and oxygen atoms in total. The molecular weight excluding hydrogens is 348 g/mol. The lowest BCUT2D eigenvalue weighted by atomic mass is 9.87. The Morgan fingerprint density at radius 3 is 2.43 bits per heavy atom. The van der Waals surface area contributed by atoms with E-state index in [1.165, 1.54) is 5.56 Å². The van der Waals surface area contributed by atoms with Crippen LogP contribution < -0.4 is 10.2 Å². The molecule has 0 radical (unpaired) electrons. The Hall–Kier alpha value is -3.14. The minimum absolute atomic E-state index is 0.0528. The molecule has 3 aromatic rings. The molecule has 144 valence electrons. The summed E-state index contributed by atoms with van der Waals surface area (Å²) in [5.41, 5.74) is 5.28. The van der Waals surface area contributed by atoms with E-state index in [0.717, 1.165) is 22.1 Å². The molecule has 0 spiro atoms. The zero-order valence-electron chi connectivity index (χ0n) is 16.8. The van der Waals surface area contributed by atoms with Crippen LogP contribution in [0, 0.1) is 0 Å². The minimum Gasteiger partial charge on any atom is -0.493 e. The van der Waals surface area contributed by atoms with Crippen molar-refractivity contribution in [1.82, 2.24) is 5.43 Å². The fraction of sp³-hybridized carbons (Fsp3) is 0.250. The maximum atomic E-state index is 12.4. The molecule has 28 heavy (non-hydrogen) atoms. The second-order valence-electron chi connectivity index (χ2n) is 7.66. The van der Waals surface area contributed by atoms with E-state index < -0.39 is 0 Å². The molecule has 3 rings (SSSR count). The van der Waals surface area contributed by atoms with Gasteiger partial charge in [0.1, 0.15) is 5.75 Å². The van der Waals surface area contributed by atoms with Gasteiger partial charge in [0, 0.05) is 11.1 Å². The van der Waals surface area contributed by atoms with Gasteiger partial charge >= 0.3 is 0 Å². The van der Waals surface area contributed by atoms with Gasteiger partial charge in [-0.1, -0.05) is 63.2 Å². The first-order chi connectivity index (χ1) is 13.4. The van der Waals surface area contributed by atoms with Gasteiger partial charge in [0.05, 0.1) is 12.8 Å². The van der Waals surface area contributed by atoms with Gasteiger partial charge in [0.2, 0.25) is 0 Å². The van der Waals surface area contributed by atoms with Crippen LogP contribution in [0.25, 0.3) is 10.8 Å². The van der Waals surface area contributed by atoms with Crippen LogP contribution in [0.1, 0.15) is 49.2 Å². The molecule has 0 atom stereocenters. The summed E-state index contributed by atoms with van der Waals surface area (Å²) in [7, 11) is 0. The van der Waals surface area contributed by atoms with E-state index >= 15 is 0 Å². The minimum atomic E-state index is -0.241. The predicted molar refractivity (Wildman–Crippen MR) is 115 cm³/mol. The van der Waals surface area contributed by atoms with Crippen molar-refractivity contribution >= 4 is 22.9 Å². The van der Waals surface area contributed by atoms with Crippen LogP contribution in [-0.2, 0) is 5.41 Å². The van der Waals surface area contributed by atoms with Gasteiger partial charge in [-0.25, -0.2) is 5.43 Å². The van der Waals surface area contributed by atoms with Gasteiger partial charge < -0.3 is 4.74 Å². The highest BCUT2D eigenvalue weighted by Crippen LogP contribution is 2.26. The van der Waals surface area contributed by atoms with Gasteiger partial charge in [-0.3, -0.25) is 4.79 Å². The van der Waals surface area contributed by atoms with Crippen LogP contribution in [0.5, 0.6) is 5.75 Å². The molecule has 0 aromatic heterocycles. The molecule has 0 saturated heterocycles. The second-order valence-corrected chi connectivity index (χ2v) is 7.66. The van der Waals surface area contributed by atoms with Crippen molar-refractivity contribution in [2.75, 3.05) is 6.61 Å². The lowest BCUT2D eigenvalue weighted by Gasteiger charge is -2.18. The van der Waals surface area contributed by atoms with Crippen molar-refractivity contribution in [3.05, 3.63) is 77.4 Å². The van der Waals surface area contributed by atoms with Gasteiger partial charge in [-0.15, -0.1) is 0 Å². The number of nitrogens with one attached hydrogen (secondary N) is 1. The lowest BCUT2D eigenvalue weighted by Crippen LogP contribution is -2.18. The van der Waals surface area contributed by atoms with Crippen molar-refractivity contribution in [2.24, 2.45) is 5.10 Å². The average Bonchev–Trinajstić information content (AvgIpc) is 2.69. The number of hydrogen-bond donors (Lipinski definition) is 1. The van der Waals surface area contributed by atoms with Crippen molar-refractivity contribution in [3.63, 3.8) is 0 Å². The summed E-state index contributed by atoms with van der Waals surface area (Å²) < 4.78 is 5.73. The molecule has 0 bridgehead atoms. The Kier molecular flexibility index (Phi) is 5.78. The third-order valence-electron chi connectivity index (χ3n) is 4.60. The maximum Gasteiger partial charge on any atom is 0.271 e. The fourth-order valence-electron chi connectivity index (χ4n) is 3.03. The average molecular weight is 374 g/mol. The number of hydrogen-bond acceptors (Lipinski definition) is 3. The first-order valence-corrected chi connectivity index (χ1v) is 9.48. The Balaban J connectivity index is 1.80. The highest BCUT2D eigenvalue weighted by atomic mass is 16.5. The molecule has 0 fully saturated rings. The summed E-state index contributed by atoms with van der Waals surface area (Å²) in [5, 5.41) is 6.30. The number of rotatable bonds is 5. The third-order valence-corrected chi connectivity index (χ3v) is 4.60. The summed E-state index contributed by atoms with van der Waals surface area (Å²) in [6.07, 6.45) is 1.65. The quantitative estimate of drug-likeness (QED) is 0.487. The zero-order valence-corrected chi connectivity index (χ0v) is 16.8.